The minimum atomic E-state index is -0.289. The van der Waals surface area contributed by atoms with Gasteiger partial charge < -0.3 is 9.30 Å². The van der Waals surface area contributed by atoms with Crippen LogP contribution in [0.5, 0.6) is 0 Å². The molecule has 0 fully saturated rings. The first kappa shape index (κ1) is 13.7. The molecule has 19 heavy (non-hydrogen) atoms. The highest BCUT2D eigenvalue weighted by atomic mass is 35.5. The number of esters is 1. The largest absolute Gasteiger partial charge is 0.465 e. The van der Waals surface area contributed by atoms with Crippen LogP contribution in [0.1, 0.15) is 21.6 Å². The molecule has 0 spiro atoms. The smallest absolute Gasteiger partial charge is 0.339 e. The molecule has 0 N–H and O–H groups in total. The molecule has 0 aliphatic rings. The molecule has 0 unspecified atom stereocenters. The molecular formula is C15H16ClNO2. The molecule has 0 aliphatic carbocycles. The van der Waals surface area contributed by atoms with Gasteiger partial charge in [0, 0.05) is 23.5 Å². The van der Waals surface area contributed by atoms with Crippen LogP contribution in [-0.2, 0) is 17.7 Å². The van der Waals surface area contributed by atoms with Gasteiger partial charge >= 0.3 is 5.97 Å². The van der Waals surface area contributed by atoms with Crippen LogP contribution in [0.15, 0.2) is 36.5 Å². The van der Waals surface area contributed by atoms with Crippen LogP contribution in [0.3, 0.4) is 0 Å². The molecule has 0 saturated heterocycles. The van der Waals surface area contributed by atoms with Crippen molar-refractivity contribution >= 4 is 17.6 Å². The summed E-state index contributed by atoms with van der Waals surface area (Å²) >= 11 is 5.85. The maximum absolute atomic E-state index is 11.5. The fourth-order valence-corrected chi connectivity index (χ4v) is 2.15. The van der Waals surface area contributed by atoms with Crippen molar-refractivity contribution in [3.8, 4) is 0 Å². The lowest BCUT2D eigenvalue weighted by molar-refractivity contribution is 0.0600. The maximum atomic E-state index is 11.5. The minimum absolute atomic E-state index is 0.289. The predicted molar refractivity (Wildman–Crippen MR) is 75.7 cm³/mol. The first-order valence-electron chi connectivity index (χ1n) is 6.10. The number of hydrogen-bond acceptors (Lipinski definition) is 2. The number of benzene rings is 1. The van der Waals surface area contributed by atoms with Crippen molar-refractivity contribution in [2.24, 2.45) is 0 Å². The number of rotatable bonds is 4. The number of methoxy groups -OCH3 is 1. The lowest BCUT2D eigenvalue weighted by Crippen LogP contribution is -2.06. The van der Waals surface area contributed by atoms with Crippen LogP contribution < -0.4 is 0 Å². The molecule has 0 atom stereocenters. The van der Waals surface area contributed by atoms with Crippen molar-refractivity contribution in [2.45, 2.75) is 19.9 Å². The Labute approximate surface area is 117 Å². The first-order valence-corrected chi connectivity index (χ1v) is 6.48. The highest BCUT2D eigenvalue weighted by molar-refractivity contribution is 6.30. The zero-order chi connectivity index (χ0) is 13.8. The molecule has 1 aromatic heterocycles. The van der Waals surface area contributed by atoms with Gasteiger partial charge in [-0.2, -0.15) is 0 Å². The van der Waals surface area contributed by atoms with Crippen molar-refractivity contribution in [3.05, 3.63) is 58.4 Å². The summed E-state index contributed by atoms with van der Waals surface area (Å²) in [7, 11) is 1.40. The van der Waals surface area contributed by atoms with Gasteiger partial charge in [-0.05, 0) is 37.1 Å². The summed E-state index contributed by atoms with van der Waals surface area (Å²) < 4.78 is 6.80. The highest BCUT2D eigenvalue weighted by Gasteiger charge is 2.12. The van der Waals surface area contributed by atoms with E-state index in [0.717, 1.165) is 23.7 Å². The van der Waals surface area contributed by atoms with Crippen LogP contribution in [0.4, 0.5) is 0 Å². The van der Waals surface area contributed by atoms with Crippen LogP contribution >= 0.6 is 11.6 Å². The van der Waals surface area contributed by atoms with Crippen molar-refractivity contribution in [2.75, 3.05) is 7.11 Å². The molecule has 0 bridgehead atoms. The second-order valence-electron chi connectivity index (χ2n) is 4.38. The molecule has 0 radical (unpaired) electrons. The molecule has 3 nitrogen and oxygen atoms in total. The van der Waals surface area contributed by atoms with Crippen LogP contribution in [0, 0.1) is 6.92 Å². The van der Waals surface area contributed by atoms with Gasteiger partial charge in [0.2, 0.25) is 0 Å². The van der Waals surface area contributed by atoms with Gasteiger partial charge in [0.25, 0.3) is 0 Å². The van der Waals surface area contributed by atoms with Crippen molar-refractivity contribution < 1.29 is 9.53 Å². The summed E-state index contributed by atoms with van der Waals surface area (Å²) in [5, 5.41) is 0.744. The number of carbonyl (C=O) groups excluding carboxylic acids is 1. The molecule has 0 aliphatic heterocycles. The summed E-state index contributed by atoms with van der Waals surface area (Å²) in [6, 6.07) is 9.60. The lowest BCUT2D eigenvalue weighted by atomic mass is 10.1. The Balaban J connectivity index is 2.06. The summed E-state index contributed by atoms with van der Waals surface area (Å²) in [4.78, 5) is 11.5. The summed E-state index contributed by atoms with van der Waals surface area (Å²) in [5.74, 6) is -0.289. The SMILES string of the molecule is COC(=O)c1ccn(CCc2ccc(Cl)cc2)c1C. The molecule has 1 heterocycles. The molecule has 4 heteroatoms. The Bertz CT molecular complexity index is 572. The fraction of sp³-hybridized carbons (Fsp3) is 0.267. The monoisotopic (exact) mass is 277 g/mol. The fourth-order valence-electron chi connectivity index (χ4n) is 2.02. The Morgan fingerprint density at radius 3 is 2.58 bits per heavy atom. The van der Waals surface area contributed by atoms with Gasteiger partial charge in [-0.3, -0.25) is 0 Å². The number of halogens is 1. The Morgan fingerprint density at radius 1 is 1.26 bits per heavy atom. The van der Waals surface area contributed by atoms with E-state index in [0.29, 0.717) is 5.56 Å². The van der Waals surface area contributed by atoms with E-state index >= 15 is 0 Å². The Hall–Kier alpha value is -1.74. The molecule has 100 valence electrons. The molecule has 1 aromatic carbocycles. The van der Waals surface area contributed by atoms with E-state index in [-0.39, 0.29) is 5.97 Å². The quantitative estimate of drug-likeness (QED) is 0.801. The topological polar surface area (TPSA) is 31.2 Å². The second-order valence-corrected chi connectivity index (χ2v) is 4.81. The number of hydrogen-bond donors (Lipinski definition) is 0. The normalized spacial score (nSPS) is 10.5. The van der Waals surface area contributed by atoms with E-state index in [4.69, 9.17) is 16.3 Å². The predicted octanol–water partition coefficient (Wildman–Crippen LogP) is 3.48. The van der Waals surface area contributed by atoms with Gasteiger partial charge in [-0.1, -0.05) is 23.7 Å². The number of nitrogens with zero attached hydrogens (tertiary/aromatic N) is 1. The zero-order valence-corrected chi connectivity index (χ0v) is 11.8. The first-order chi connectivity index (χ1) is 9.11. The van der Waals surface area contributed by atoms with Crippen molar-refractivity contribution in [3.63, 3.8) is 0 Å². The number of aromatic nitrogens is 1. The van der Waals surface area contributed by atoms with Gasteiger partial charge in [0.15, 0.2) is 0 Å². The zero-order valence-electron chi connectivity index (χ0n) is 11.0. The number of ether oxygens (including phenoxy) is 1. The summed E-state index contributed by atoms with van der Waals surface area (Å²) in [5.41, 5.74) is 2.77. The second kappa shape index (κ2) is 5.93. The average Bonchev–Trinajstić information content (AvgIpc) is 2.79. The lowest BCUT2D eigenvalue weighted by Gasteiger charge is -2.07. The van der Waals surface area contributed by atoms with Crippen LogP contribution in [0.25, 0.3) is 0 Å². The van der Waals surface area contributed by atoms with Crippen molar-refractivity contribution in [1.82, 2.24) is 4.57 Å². The van der Waals surface area contributed by atoms with E-state index in [2.05, 4.69) is 4.57 Å². The minimum Gasteiger partial charge on any atom is -0.465 e. The highest BCUT2D eigenvalue weighted by Crippen LogP contribution is 2.14. The van der Waals surface area contributed by atoms with E-state index < -0.39 is 0 Å². The van der Waals surface area contributed by atoms with Gasteiger partial charge in [-0.25, -0.2) is 4.79 Å². The Kier molecular flexibility index (Phi) is 4.27. The van der Waals surface area contributed by atoms with Gasteiger partial charge in [-0.15, -0.1) is 0 Å². The standard InChI is InChI=1S/C15H16ClNO2/c1-11-14(15(18)19-2)8-10-17(11)9-7-12-3-5-13(16)6-4-12/h3-6,8,10H,7,9H2,1-2H3. The van der Waals surface area contributed by atoms with Gasteiger partial charge in [0.05, 0.1) is 12.7 Å². The third-order valence-corrected chi connectivity index (χ3v) is 3.45. The molecule has 2 aromatic rings. The van der Waals surface area contributed by atoms with E-state index in [1.54, 1.807) is 6.07 Å². The number of aryl methyl sites for hydroxylation is 2. The van der Waals surface area contributed by atoms with E-state index in [1.807, 2.05) is 37.4 Å². The van der Waals surface area contributed by atoms with Gasteiger partial charge in [0.1, 0.15) is 0 Å². The molecule has 2 rings (SSSR count). The van der Waals surface area contributed by atoms with E-state index in [9.17, 15) is 4.79 Å². The summed E-state index contributed by atoms with van der Waals surface area (Å²) in [6.07, 6.45) is 2.81. The summed E-state index contributed by atoms with van der Waals surface area (Å²) in [6.45, 7) is 2.75. The van der Waals surface area contributed by atoms with E-state index in [1.165, 1.54) is 12.7 Å². The third kappa shape index (κ3) is 3.18. The number of carbonyl (C=O) groups is 1. The molecule has 0 saturated carbocycles. The Morgan fingerprint density at radius 2 is 1.95 bits per heavy atom. The van der Waals surface area contributed by atoms with Crippen LogP contribution in [0.2, 0.25) is 5.02 Å². The average molecular weight is 278 g/mol. The molecule has 0 amide bonds. The van der Waals surface area contributed by atoms with Crippen molar-refractivity contribution in [1.29, 1.82) is 0 Å². The maximum Gasteiger partial charge on any atom is 0.339 e. The third-order valence-electron chi connectivity index (χ3n) is 3.20. The van der Waals surface area contributed by atoms with Crippen LogP contribution in [-0.4, -0.2) is 17.6 Å². The molecular weight excluding hydrogens is 262 g/mol.